The topological polar surface area (TPSA) is 47.3 Å². The van der Waals surface area contributed by atoms with Gasteiger partial charge in [0, 0.05) is 12.1 Å². The standard InChI is InChI=1S/C9H14N2O/c1-11-6-7-4-3-5-8(10)9(7)12-2/h3-5,11H,6,10H2,1-2H3. The fourth-order valence-electron chi connectivity index (χ4n) is 1.18. The number of ether oxygens (including phenoxy) is 1. The van der Waals surface area contributed by atoms with E-state index in [9.17, 15) is 0 Å². The van der Waals surface area contributed by atoms with E-state index in [1.165, 1.54) is 0 Å². The number of hydrogen-bond acceptors (Lipinski definition) is 3. The molecule has 0 unspecified atom stereocenters. The summed E-state index contributed by atoms with van der Waals surface area (Å²) in [6.45, 7) is 0.772. The Balaban J connectivity index is 3.00. The molecule has 1 aromatic carbocycles. The Kier molecular flexibility index (Phi) is 2.94. The maximum absolute atomic E-state index is 5.71. The zero-order valence-corrected chi connectivity index (χ0v) is 7.42. The van der Waals surface area contributed by atoms with Gasteiger partial charge < -0.3 is 15.8 Å². The van der Waals surface area contributed by atoms with Crippen LogP contribution in [0.5, 0.6) is 5.75 Å². The van der Waals surface area contributed by atoms with Crippen LogP contribution >= 0.6 is 0 Å². The first-order chi connectivity index (χ1) is 5.79. The number of hydrogen-bond donors (Lipinski definition) is 2. The molecule has 0 saturated carbocycles. The van der Waals surface area contributed by atoms with Gasteiger partial charge in [0.05, 0.1) is 12.8 Å². The summed E-state index contributed by atoms with van der Waals surface area (Å²) in [6, 6.07) is 5.74. The molecule has 1 aromatic rings. The summed E-state index contributed by atoms with van der Waals surface area (Å²) in [5.74, 6) is 0.770. The highest BCUT2D eigenvalue weighted by Crippen LogP contribution is 2.25. The fourth-order valence-corrected chi connectivity index (χ4v) is 1.18. The van der Waals surface area contributed by atoms with E-state index in [4.69, 9.17) is 10.5 Å². The number of para-hydroxylation sites is 1. The van der Waals surface area contributed by atoms with E-state index in [2.05, 4.69) is 5.32 Å². The molecule has 0 atom stereocenters. The molecule has 0 aliphatic heterocycles. The average Bonchev–Trinajstić information content (AvgIpc) is 2.05. The summed E-state index contributed by atoms with van der Waals surface area (Å²) in [4.78, 5) is 0. The van der Waals surface area contributed by atoms with Crippen LogP contribution < -0.4 is 15.8 Å². The Morgan fingerprint density at radius 1 is 1.50 bits per heavy atom. The first-order valence-corrected chi connectivity index (χ1v) is 3.85. The van der Waals surface area contributed by atoms with E-state index >= 15 is 0 Å². The van der Waals surface area contributed by atoms with E-state index in [0.29, 0.717) is 5.69 Å². The number of methoxy groups -OCH3 is 1. The molecule has 0 spiro atoms. The van der Waals surface area contributed by atoms with Crippen LogP contribution in [0.25, 0.3) is 0 Å². The maximum atomic E-state index is 5.71. The third-order valence-corrected chi connectivity index (χ3v) is 1.70. The van der Waals surface area contributed by atoms with Crippen molar-refractivity contribution in [2.24, 2.45) is 0 Å². The van der Waals surface area contributed by atoms with Crippen molar-refractivity contribution in [1.82, 2.24) is 5.32 Å². The summed E-state index contributed by atoms with van der Waals surface area (Å²) in [7, 11) is 3.52. The minimum Gasteiger partial charge on any atom is -0.494 e. The molecule has 0 aromatic heterocycles. The van der Waals surface area contributed by atoms with Crippen LogP contribution in [0.3, 0.4) is 0 Å². The molecule has 1 rings (SSSR count). The molecule has 0 radical (unpaired) electrons. The number of benzene rings is 1. The fraction of sp³-hybridized carbons (Fsp3) is 0.333. The Hall–Kier alpha value is -1.22. The molecule has 0 saturated heterocycles. The van der Waals surface area contributed by atoms with Gasteiger partial charge in [0.15, 0.2) is 0 Å². The number of nitrogen functional groups attached to an aromatic ring is 1. The van der Waals surface area contributed by atoms with Crippen LogP contribution in [0, 0.1) is 0 Å². The average molecular weight is 166 g/mol. The van der Waals surface area contributed by atoms with Crippen LogP contribution in [0.2, 0.25) is 0 Å². The van der Waals surface area contributed by atoms with Crippen molar-refractivity contribution in [2.45, 2.75) is 6.54 Å². The van der Waals surface area contributed by atoms with Crippen LogP contribution in [0.4, 0.5) is 5.69 Å². The summed E-state index contributed by atoms with van der Waals surface area (Å²) >= 11 is 0. The smallest absolute Gasteiger partial charge is 0.146 e. The van der Waals surface area contributed by atoms with Crippen LogP contribution in [-0.4, -0.2) is 14.2 Å². The maximum Gasteiger partial charge on any atom is 0.146 e. The number of rotatable bonds is 3. The lowest BCUT2D eigenvalue weighted by Crippen LogP contribution is -2.07. The van der Waals surface area contributed by atoms with Gasteiger partial charge in [0.25, 0.3) is 0 Å². The minimum atomic E-state index is 0.685. The van der Waals surface area contributed by atoms with Gasteiger partial charge in [-0.2, -0.15) is 0 Å². The Morgan fingerprint density at radius 3 is 2.83 bits per heavy atom. The highest BCUT2D eigenvalue weighted by atomic mass is 16.5. The van der Waals surface area contributed by atoms with Gasteiger partial charge in [-0.3, -0.25) is 0 Å². The van der Waals surface area contributed by atoms with E-state index in [0.717, 1.165) is 17.9 Å². The van der Waals surface area contributed by atoms with Gasteiger partial charge in [-0.1, -0.05) is 12.1 Å². The molecule has 0 aliphatic carbocycles. The molecule has 0 bridgehead atoms. The minimum absolute atomic E-state index is 0.685. The summed E-state index contributed by atoms with van der Waals surface area (Å²) in [6.07, 6.45) is 0. The van der Waals surface area contributed by atoms with E-state index in [-0.39, 0.29) is 0 Å². The molecular formula is C9H14N2O. The molecule has 3 N–H and O–H groups in total. The van der Waals surface area contributed by atoms with Gasteiger partial charge >= 0.3 is 0 Å². The van der Waals surface area contributed by atoms with E-state index in [1.807, 2.05) is 25.2 Å². The van der Waals surface area contributed by atoms with Gasteiger partial charge in [-0.15, -0.1) is 0 Å². The molecule has 3 heteroatoms. The Morgan fingerprint density at radius 2 is 2.25 bits per heavy atom. The van der Waals surface area contributed by atoms with E-state index < -0.39 is 0 Å². The Bertz CT molecular complexity index is 261. The van der Waals surface area contributed by atoms with Crippen molar-refractivity contribution in [3.05, 3.63) is 23.8 Å². The van der Waals surface area contributed by atoms with E-state index in [1.54, 1.807) is 7.11 Å². The van der Waals surface area contributed by atoms with Gasteiger partial charge in [0.2, 0.25) is 0 Å². The van der Waals surface area contributed by atoms with Crippen molar-refractivity contribution in [3.63, 3.8) is 0 Å². The number of nitrogens with two attached hydrogens (primary N) is 1. The molecular weight excluding hydrogens is 152 g/mol. The zero-order valence-electron chi connectivity index (χ0n) is 7.42. The van der Waals surface area contributed by atoms with Crippen molar-refractivity contribution < 1.29 is 4.74 Å². The van der Waals surface area contributed by atoms with Gasteiger partial charge in [-0.25, -0.2) is 0 Å². The second kappa shape index (κ2) is 3.97. The number of anilines is 1. The lowest BCUT2D eigenvalue weighted by molar-refractivity contribution is 0.411. The van der Waals surface area contributed by atoms with Crippen molar-refractivity contribution in [1.29, 1.82) is 0 Å². The predicted molar refractivity (Wildman–Crippen MR) is 50.2 cm³/mol. The summed E-state index contributed by atoms with van der Waals surface area (Å²) in [5.41, 5.74) is 7.48. The van der Waals surface area contributed by atoms with Crippen LogP contribution in [0.15, 0.2) is 18.2 Å². The molecule has 0 aliphatic rings. The molecule has 12 heavy (non-hydrogen) atoms. The molecule has 66 valence electrons. The first-order valence-electron chi connectivity index (χ1n) is 3.85. The molecule has 0 amide bonds. The largest absolute Gasteiger partial charge is 0.494 e. The number of nitrogens with one attached hydrogen (secondary N) is 1. The lowest BCUT2D eigenvalue weighted by Gasteiger charge is -2.09. The van der Waals surface area contributed by atoms with Crippen LogP contribution in [0.1, 0.15) is 5.56 Å². The normalized spacial score (nSPS) is 9.83. The van der Waals surface area contributed by atoms with Gasteiger partial charge in [-0.05, 0) is 13.1 Å². The highest BCUT2D eigenvalue weighted by molar-refractivity contribution is 5.56. The quantitative estimate of drug-likeness (QED) is 0.658. The monoisotopic (exact) mass is 166 g/mol. The highest BCUT2D eigenvalue weighted by Gasteiger charge is 2.03. The molecule has 0 heterocycles. The Labute approximate surface area is 72.5 Å². The lowest BCUT2D eigenvalue weighted by atomic mass is 10.1. The zero-order chi connectivity index (χ0) is 8.97. The first kappa shape index (κ1) is 8.87. The second-order valence-electron chi connectivity index (χ2n) is 2.57. The van der Waals surface area contributed by atoms with Crippen LogP contribution in [-0.2, 0) is 6.54 Å². The second-order valence-corrected chi connectivity index (χ2v) is 2.57. The molecule has 3 nitrogen and oxygen atoms in total. The van der Waals surface area contributed by atoms with Crippen molar-refractivity contribution in [2.75, 3.05) is 19.9 Å². The van der Waals surface area contributed by atoms with Crippen molar-refractivity contribution in [3.8, 4) is 5.75 Å². The summed E-state index contributed by atoms with van der Waals surface area (Å²) < 4.78 is 5.16. The predicted octanol–water partition coefficient (Wildman–Crippen LogP) is 0.997. The SMILES string of the molecule is CNCc1cccc(N)c1OC. The third-order valence-electron chi connectivity index (χ3n) is 1.70. The van der Waals surface area contributed by atoms with Gasteiger partial charge in [0.1, 0.15) is 5.75 Å². The van der Waals surface area contributed by atoms with Crippen molar-refractivity contribution >= 4 is 5.69 Å². The summed E-state index contributed by atoms with van der Waals surface area (Å²) in [5, 5.41) is 3.05. The molecule has 0 fully saturated rings. The third kappa shape index (κ3) is 1.68.